The average molecular weight is 288 g/mol. The molecular formula is C12H11Cl2NO3. The minimum absolute atomic E-state index is 0.329. The summed E-state index contributed by atoms with van der Waals surface area (Å²) in [5.41, 5.74) is 0.939. The smallest absolute Gasteiger partial charge is 0.299 e. The topological polar surface area (TPSA) is 46.6 Å². The molecule has 0 atom stereocenters. The van der Waals surface area contributed by atoms with Crippen LogP contribution in [0.15, 0.2) is 18.2 Å². The van der Waals surface area contributed by atoms with Crippen LogP contribution in [0.2, 0.25) is 5.02 Å². The van der Waals surface area contributed by atoms with Gasteiger partial charge >= 0.3 is 0 Å². The molecule has 0 radical (unpaired) electrons. The number of carbonyl (C=O) groups excluding carboxylic acids is 2. The van der Waals surface area contributed by atoms with Crippen LogP contribution in [-0.4, -0.2) is 37.3 Å². The summed E-state index contributed by atoms with van der Waals surface area (Å²) in [4.78, 5) is 24.9. The van der Waals surface area contributed by atoms with Gasteiger partial charge in [0.2, 0.25) is 0 Å². The van der Waals surface area contributed by atoms with Crippen LogP contribution < -0.4 is 4.90 Å². The standard InChI is InChI=1S/C12H11Cl2NO3/c13-3-5-18-6-4-15-10-2-1-8(14)7-9(10)11(16)12(15)17/h1-2,7H,3-6H2. The second-order valence-electron chi connectivity index (χ2n) is 3.75. The number of anilines is 1. The van der Waals surface area contributed by atoms with Gasteiger partial charge in [0.1, 0.15) is 0 Å². The summed E-state index contributed by atoms with van der Waals surface area (Å²) in [6, 6.07) is 4.83. The number of hydrogen-bond acceptors (Lipinski definition) is 3. The van der Waals surface area contributed by atoms with Crippen molar-refractivity contribution >= 4 is 40.6 Å². The fraction of sp³-hybridized carbons (Fsp3) is 0.333. The third-order valence-corrected chi connectivity index (χ3v) is 3.00. The number of fused-ring (bicyclic) bond motifs is 1. The molecule has 0 unspecified atom stereocenters. The molecule has 0 aliphatic carbocycles. The van der Waals surface area contributed by atoms with Gasteiger partial charge in [-0.3, -0.25) is 9.59 Å². The molecule has 6 heteroatoms. The van der Waals surface area contributed by atoms with Crippen molar-refractivity contribution in [3.63, 3.8) is 0 Å². The molecule has 0 saturated heterocycles. The molecule has 2 rings (SSSR count). The van der Waals surface area contributed by atoms with Crippen molar-refractivity contribution in [3.8, 4) is 0 Å². The number of Topliss-reactive ketones (excluding diaryl/α,β-unsaturated/α-hetero) is 1. The molecule has 1 amide bonds. The van der Waals surface area contributed by atoms with Gasteiger partial charge in [-0.25, -0.2) is 0 Å². The van der Waals surface area contributed by atoms with E-state index in [1.807, 2.05) is 0 Å². The highest BCUT2D eigenvalue weighted by Gasteiger charge is 2.35. The number of rotatable bonds is 5. The summed E-state index contributed by atoms with van der Waals surface area (Å²) in [6.45, 7) is 1.09. The quantitative estimate of drug-likeness (QED) is 0.473. The van der Waals surface area contributed by atoms with Crippen LogP contribution in [0.4, 0.5) is 5.69 Å². The summed E-state index contributed by atoms with van der Waals surface area (Å²) in [5.74, 6) is -0.661. The van der Waals surface area contributed by atoms with Crippen LogP contribution in [0, 0.1) is 0 Å². The number of ether oxygens (including phenoxy) is 1. The van der Waals surface area contributed by atoms with E-state index in [2.05, 4.69) is 0 Å². The number of halogens is 2. The minimum atomic E-state index is -0.540. The molecule has 1 aliphatic rings. The summed E-state index contributed by atoms with van der Waals surface area (Å²) in [7, 11) is 0. The zero-order chi connectivity index (χ0) is 13.1. The number of benzene rings is 1. The lowest BCUT2D eigenvalue weighted by Gasteiger charge is -2.16. The SMILES string of the molecule is O=C1C(=O)N(CCOCCCl)c2ccc(Cl)cc21. The van der Waals surface area contributed by atoms with E-state index in [0.29, 0.717) is 41.9 Å². The van der Waals surface area contributed by atoms with E-state index in [0.717, 1.165) is 0 Å². The molecule has 1 heterocycles. The van der Waals surface area contributed by atoms with Gasteiger partial charge in [0.25, 0.3) is 11.7 Å². The second kappa shape index (κ2) is 5.69. The van der Waals surface area contributed by atoms with Crippen molar-refractivity contribution < 1.29 is 14.3 Å². The highest BCUT2D eigenvalue weighted by molar-refractivity contribution is 6.52. The summed E-state index contributed by atoms with van der Waals surface area (Å²) in [6.07, 6.45) is 0. The van der Waals surface area contributed by atoms with Gasteiger partial charge in [0.05, 0.1) is 24.5 Å². The minimum Gasteiger partial charge on any atom is -0.378 e. The Labute approximate surface area is 114 Å². The maximum Gasteiger partial charge on any atom is 0.299 e. The summed E-state index contributed by atoms with van der Waals surface area (Å²) < 4.78 is 5.20. The summed E-state index contributed by atoms with van der Waals surface area (Å²) >= 11 is 11.3. The first-order chi connectivity index (χ1) is 8.65. The number of alkyl halides is 1. The average Bonchev–Trinajstić information content (AvgIpc) is 2.59. The highest BCUT2D eigenvalue weighted by Crippen LogP contribution is 2.30. The molecule has 1 aliphatic heterocycles. The third kappa shape index (κ3) is 2.51. The van der Waals surface area contributed by atoms with E-state index in [1.54, 1.807) is 12.1 Å². The van der Waals surface area contributed by atoms with Crippen molar-refractivity contribution in [1.82, 2.24) is 0 Å². The van der Waals surface area contributed by atoms with E-state index in [9.17, 15) is 9.59 Å². The van der Waals surface area contributed by atoms with Gasteiger partial charge in [0, 0.05) is 17.4 Å². The molecule has 0 N–H and O–H groups in total. The van der Waals surface area contributed by atoms with E-state index >= 15 is 0 Å². The largest absolute Gasteiger partial charge is 0.378 e. The van der Waals surface area contributed by atoms with Crippen molar-refractivity contribution in [2.75, 3.05) is 30.5 Å². The highest BCUT2D eigenvalue weighted by atomic mass is 35.5. The fourth-order valence-electron chi connectivity index (χ4n) is 1.81. The van der Waals surface area contributed by atoms with Crippen LogP contribution >= 0.6 is 23.2 Å². The molecule has 0 spiro atoms. The van der Waals surface area contributed by atoms with Gasteiger partial charge in [-0.2, -0.15) is 0 Å². The number of carbonyl (C=O) groups is 2. The van der Waals surface area contributed by atoms with Gasteiger partial charge < -0.3 is 9.64 Å². The van der Waals surface area contributed by atoms with E-state index in [1.165, 1.54) is 11.0 Å². The number of amides is 1. The van der Waals surface area contributed by atoms with Crippen LogP contribution in [-0.2, 0) is 9.53 Å². The molecule has 0 saturated carbocycles. The van der Waals surface area contributed by atoms with Crippen molar-refractivity contribution in [3.05, 3.63) is 28.8 Å². The lowest BCUT2D eigenvalue weighted by atomic mass is 10.1. The van der Waals surface area contributed by atoms with Crippen molar-refractivity contribution in [1.29, 1.82) is 0 Å². The zero-order valence-corrected chi connectivity index (χ0v) is 11.0. The lowest BCUT2D eigenvalue weighted by molar-refractivity contribution is -0.114. The van der Waals surface area contributed by atoms with Crippen LogP contribution in [0.25, 0.3) is 0 Å². The van der Waals surface area contributed by atoms with E-state index in [-0.39, 0.29) is 0 Å². The lowest BCUT2D eigenvalue weighted by Crippen LogP contribution is -2.33. The fourth-order valence-corrected chi connectivity index (χ4v) is 2.09. The number of ketones is 1. The molecule has 0 fully saturated rings. The van der Waals surface area contributed by atoms with Crippen LogP contribution in [0.1, 0.15) is 10.4 Å². The van der Waals surface area contributed by atoms with Gasteiger partial charge in [0.15, 0.2) is 0 Å². The van der Waals surface area contributed by atoms with Crippen molar-refractivity contribution in [2.45, 2.75) is 0 Å². The predicted molar refractivity (Wildman–Crippen MR) is 69.7 cm³/mol. The Balaban J connectivity index is 2.13. The Kier molecular flexibility index (Phi) is 4.22. The summed E-state index contributed by atoms with van der Waals surface area (Å²) in [5, 5.41) is 0.440. The zero-order valence-electron chi connectivity index (χ0n) is 9.49. The predicted octanol–water partition coefficient (Wildman–Crippen LogP) is 2.12. The first-order valence-corrected chi connectivity index (χ1v) is 6.36. The number of hydrogen-bond donors (Lipinski definition) is 0. The molecule has 1 aromatic rings. The number of nitrogens with zero attached hydrogens (tertiary/aromatic N) is 1. The molecule has 0 bridgehead atoms. The Morgan fingerprint density at radius 2 is 2.00 bits per heavy atom. The van der Waals surface area contributed by atoms with Gasteiger partial charge in [-0.1, -0.05) is 11.6 Å². The monoisotopic (exact) mass is 287 g/mol. The first kappa shape index (κ1) is 13.3. The molecule has 4 nitrogen and oxygen atoms in total. The molecular weight excluding hydrogens is 277 g/mol. The molecule has 0 aromatic heterocycles. The Morgan fingerprint density at radius 1 is 1.22 bits per heavy atom. The second-order valence-corrected chi connectivity index (χ2v) is 4.56. The Bertz CT molecular complexity index is 490. The molecule has 96 valence electrons. The van der Waals surface area contributed by atoms with Gasteiger partial charge in [-0.15, -0.1) is 11.6 Å². The maximum atomic E-state index is 11.8. The van der Waals surface area contributed by atoms with E-state index < -0.39 is 11.7 Å². The molecule has 1 aromatic carbocycles. The maximum absolute atomic E-state index is 11.8. The Hall–Kier alpha value is -1.10. The van der Waals surface area contributed by atoms with Crippen molar-refractivity contribution in [2.24, 2.45) is 0 Å². The normalized spacial score (nSPS) is 14.2. The third-order valence-electron chi connectivity index (χ3n) is 2.61. The van der Waals surface area contributed by atoms with Gasteiger partial charge in [-0.05, 0) is 18.2 Å². The van der Waals surface area contributed by atoms with E-state index in [4.69, 9.17) is 27.9 Å². The first-order valence-electron chi connectivity index (χ1n) is 5.44. The van der Waals surface area contributed by atoms with Crippen LogP contribution in [0.3, 0.4) is 0 Å². The Morgan fingerprint density at radius 3 is 2.72 bits per heavy atom. The van der Waals surface area contributed by atoms with Crippen LogP contribution in [0.5, 0.6) is 0 Å². The molecule has 18 heavy (non-hydrogen) atoms.